The maximum absolute atomic E-state index is 6.24. The van der Waals surface area contributed by atoms with Crippen molar-refractivity contribution in [1.29, 1.82) is 0 Å². The Morgan fingerprint density at radius 2 is 1.88 bits per heavy atom. The highest BCUT2D eigenvalue weighted by molar-refractivity contribution is 6.30. The largest absolute Gasteiger partial charge is 0.323 e. The van der Waals surface area contributed by atoms with Crippen molar-refractivity contribution < 1.29 is 0 Å². The molecule has 90 valence electrons. The first kappa shape index (κ1) is 12.3. The van der Waals surface area contributed by atoms with Crippen LogP contribution in [0, 0.1) is 5.41 Å². The Morgan fingerprint density at radius 1 is 1.24 bits per heavy atom. The average Bonchev–Trinajstić information content (AvgIpc) is 2.26. The van der Waals surface area contributed by atoms with Crippen LogP contribution in [0.2, 0.25) is 5.15 Å². The highest BCUT2D eigenvalue weighted by atomic mass is 35.5. The standard InChI is InChI=1S/C14H17ClN2/c1-14(2,3)12(16)10-8-9-6-4-5-7-11(9)17-13(10)15/h4-8,12H,16H2,1-3H3/t12-/m0/s1. The Bertz CT molecular complexity index is 543. The van der Waals surface area contributed by atoms with E-state index in [1.807, 2.05) is 30.3 Å². The minimum absolute atomic E-state index is 0.0340. The van der Waals surface area contributed by atoms with Crippen molar-refractivity contribution in [2.45, 2.75) is 26.8 Å². The summed E-state index contributed by atoms with van der Waals surface area (Å²) in [6, 6.07) is 9.84. The number of para-hydroxylation sites is 1. The van der Waals surface area contributed by atoms with Gasteiger partial charge in [-0.15, -0.1) is 0 Å². The summed E-state index contributed by atoms with van der Waals surface area (Å²) in [5.41, 5.74) is 8.03. The molecule has 0 saturated carbocycles. The van der Waals surface area contributed by atoms with Crippen LogP contribution in [0.15, 0.2) is 30.3 Å². The molecule has 2 rings (SSSR count). The van der Waals surface area contributed by atoms with E-state index in [4.69, 9.17) is 17.3 Å². The maximum atomic E-state index is 6.24. The molecule has 0 saturated heterocycles. The third-order valence-corrected chi connectivity index (χ3v) is 3.28. The zero-order valence-electron chi connectivity index (χ0n) is 10.4. The van der Waals surface area contributed by atoms with E-state index in [1.54, 1.807) is 0 Å². The van der Waals surface area contributed by atoms with Crippen molar-refractivity contribution in [2.75, 3.05) is 0 Å². The van der Waals surface area contributed by atoms with Crippen molar-refractivity contribution in [3.8, 4) is 0 Å². The smallest absolute Gasteiger partial charge is 0.134 e. The lowest BCUT2D eigenvalue weighted by Gasteiger charge is -2.28. The molecule has 0 radical (unpaired) electrons. The van der Waals surface area contributed by atoms with Crippen LogP contribution < -0.4 is 5.73 Å². The molecule has 1 heterocycles. The van der Waals surface area contributed by atoms with Crippen LogP contribution in [0.25, 0.3) is 10.9 Å². The summed E-state index contributed by atoms with van der Waals surface area (Å²) in [6.45, 7) is 6.30. The van der Waals surface area contributed by atoms with Gasteiger partial charge in [-0.3, -0.25) is 0 Å². The Balaban J connectivity index is 2.58. The molecule has 0 amide bonds. The van der Waals surface area contributed by atoms with Gasteiger partial charge in [-0.05, 0) is 17.5 Å². The summed E-state index contributed by atoms with van der Waals surface area (Å²) in [4.78, 5) is 4.40. The predicted octanol–water partition coefficient (Wildman–Crippen LogP) is 3.93. The molecule has 0 aliphatic rings. The van der Waals surface area contributed by atoms with Gasteiger partial charge in [0.1, 0.15) is 5.15 Å². The number of pyridine rings is 1. The number of nitrogens with two attached hydrogens (primary N) is 1. The molecule has 0 spiro atoms. The highest BCUT2D eigenvalue weighted by Crippen LogP contribution is 2.34. The molecular weight excluding hydrogens is 232 g/mol. The first-order valence-electron chi connectivity index (χ1n) is 5.70. The molecule has 0 fully saturated rings. The number of fused-ring (bicyclic) bond motifs is 1. The van der Waals surface area contributed by atoms with E-state index in [-0.39, 0.29) is 11.5 Å². The van der Waals surface area contributed by atoms with Gasteiger partial charge < -0.3 is 5.73 Å². The van der Waals surface area contributed by atoms with E-state index in [0.717, 1.165) is 16.5 Å². The fraction of sp³-hybridized carbons (Fsp3) is 0.357. The Labute approximate surface area is 107 Å². The van der Waals surface area contributed by atoms with E-state index < -0.39 is 0 Å². The molecule has 1 atom stereocenters. The van der Waals surface area contributed by atoms with Crippen LogP contribution in [0.3, 0.4) is 0 Å². The second-order valence-electron chi connectivity index (χ2n) is 5.40. The molecule has 3 heteroatoms. The van der Waals surface area contributed by atoms with Gasteiger partial charge in [-0.25, -0.2) is 4.98 Å². The van der Waals surface area contributed by atoms with Crippen molar-refractivity contribution in [2.24, 2.45) is 11.1 Å². The van der Waals surface area contributed by atoms with Crippen molar-refractivity contribution in [3.05, 3.63) is 41.0 Å². The van der Waals surface area contributed by atoms with Crippen LogP contribution >= 0.6 is 11.6 Å². The zero-order valence-corrected chi connectivity index (χ0v) is 11.1. The minimum Gasteiger partial charge on any atom is -0.323 e. The number of benzene rings is 1. The van der Waals surface area contributed by atoms with Crippen LogP contribution in [-0.4, -0.2) is 4.98 Å². The molecule has 0 unspecified atom stereocenters. The molecule has 0 bridgehead atoms. The third kappa shape index (κ3) is 2.43. The summed E-state index contributed by atoms with van der Waals surface area (Å²) in [7, 11) is 0. The van der Waals surface area contributed by atoms with Gasteiger partial charge in [0.25, 0.3) is 0 Å². The molecule has 17 heavy (non-hydrogen) atoms. The van der Waals surface area contributed by atoms with Gasteiger partial charge in [-0.2, -0.15) is 0 Å². The Hall–Kier alpha value is -1.12. The number of nitrogens with zero attached hydrogens (tertiary/aromatic N) is 1. The summed E-state index contributed by atoms with van der Waals surface area (Å²) in [5.74, 6) is 0. The first-order chi connectivity index (χ1) is 7.89. The normalized spacial score (nSPS) is 13.9. The van der Waals surface area contributed by atoms with Crippen LogP contribution in [0.4, 0.5) is 0 Å². The SMILES string of the molecule is CC(C)(C)[C@@H](N)c1cc2ccccc2nc1Cl. The molecular formula is C14H17ClN2. The van der Waals surface area contributed by atoms with Gasteiger partial charge in [0.15, 0.2) is 0 Å². The quantitative estimate of drug-likeness (QED) is 0.777. The van der Waals surface area contributed by atoms with E-state index >= 15 is 0 Å². The summed E-state index contributed by atoms with van der Waals surface area (Å²) in [6.07, 6.45) is 0. The average molecular weight is 249 g/mol. The Morgan fingerprint density at radius 3 is 2.53 bits per heavy atom. The number of hydrogen-bond acceptors (Lipinski definition) is 2. The van der Waals surface area contributed by atoms with Crippen molar-refractivity contribution in [3.63, 3.8) is 0 Å². The summed E-state index contributed by atoms with van der Waals surface area (Å²) >= 11 is 6.21. The second kappa shape index (κ2) is 4.28. The monoisotopic (exact) mass is 248 g/mol. The highest BCUT2D eigenvalue weighted by Gasteiger charge is 2.25. The molecule has 1 aromatic heterocycles. The molecule has 2 aromatic rings. The molecule has 2 N–H and O–H groups in total. The van der Waals surface area contributed by atoms with Gasteiger partial charge in [0, 0.05) is 17.0 Å². The third-order valence-electron chi connectivity index (χ3n) is 2.97. The fourth-order valence-corrected chi connectivity index (χ4v) is 2.06. The second-order valence-corrected chi connectivity index (χ2v) is 5.76. The van der Waals surface area contributed by atoms with Gasteiger partial charge in [0.05, 0.1) is 5.52 Å². The molecule has 1 aromatic carbocycles. The zero-order chi connectivity index (χ0) is 12.6. The maximum Gasteiger partial charge on any atom is 0.134 e. The lowest BCUT2D eigenvalue weighted by molar-refractivity contribution is 0.327. The van der Waals surface area contributed by atoms with Gasteiger partial charge in [0.2, 0.25) is 0 Å². The topological polar surface area (TPSA) is 38.9 Å². The Kier molecular flexibility index (Phi) is 3.11. The van der Waals surface area contributed by atoms with E-state index in [0.29, 0.717) is 5.15 Å². The predicted molar refractivity (Wildman–Crippen MR) is 73.1 cm³/mol. The van der Waals surface area contributed by atoms with E-state index in [9.17, 15) is 0 Å². The number of aromatic nitrogens is 1. The van der Waals surface area contributed by atoms with E-state index in [1.165, 1.54) is 0 Å². The number of rotatable bonds is 1. The fourth-order valence-electron chi connectivity index (χ4n) is 1.79. The van der Waals surface area contributed by atoms with Crippen LogP contribution in [0.5, 0.6) is 0 Å². The molecule has 2 nitrogen and oxygen atoms in total. The van der Waals surface area contributed by atoms with Crippen LogP contribution in [0.1, 0.15) is 32.4 Å². The van der Waals surface area contributed by atoms with Crippen molar-refractivity contribution in [1.82, 2.24) is 4.98 Å². The number of hydrogen-bond donors (Lipinski definition) is 1. The first-order valence-corrected chi connectivity index (χ1v) is 6.08. The lowest BCUT2D eigenvalue weighted by Crippen LogP contribution is -2.26. The summed E-state index contributed by atoms with van der Waals surface area (Å²) < 4.78 is 0. The van der Waals surface area contributed by atoms with Gasteiger partial charge in [-0.1, -0.05) is 50.6 Å². The minimum atomic E-state index is -0.118. The molecule has 0 aliphatic heterocycles. The molecule has 0 aliphatic carbocycles. The van der Waals surface area contributed by atoms with E-state index in [2.05, 4.69) is 25.8 Å². The van der Waals surface area contributed by atoms with Crippen LogP contribution in [-0.2, 0) is 0 Å². The van der Waals surface area contributed by atoms with Crippen molar-refractivity contribution >= 4 is 22.5 Å². The lowest BCUT2D eigenvalue weighted by atomic mass is 9.83. The van der Waals surface area contributed by atoms with Gasteiger partial charge >= 0.3 is 0 Å². The summed E-state index contributed by atoms with van der Waals surface area (Å²) in [5, 5.41) is 1.58. The number of halogens is 1.